The van der Waals surface area contributed by atoms with Crippen LogP contribution in [0.3, 0.4) is 0 Å². The summed E-state index contributed by atoms with van der Waals surface area (Å²) in [5, 5.41) is 0. The van der Waals surface area contributed by atoms with E-state index in [4.69, 9.17) is 4.74 Å². The Labute approximate surface area is 213 Å². The van der Waals surface area contributed by atoms with Crippen molar-refractivity contribution in [3.05, 3.63) is 138 Å². The van der Waals surface area contributed by atoms with Crippen LogP contribution in [0.25, 0.3) is 11.1 Å². The summed E-state index contributed by atoms with van der Waals surface area (Å²) in [4.78, 5) is 2.21. The van der Waals surface area contributed by atoms with Crippen molar-refractivity contribution >= 4 is 0 Å². The van der Waals surface area contributed by atoms with Crippen molar-refractivity contribution in [1.29, 1.82) is 0 Å². The quantitative estimate of drug-likeness (QED) is 0.139. The number of hydrogen-bond donors (Lipinski definition) is 0. The molecular formula is C31H25F4NO. The first kappa shape index (κ1) is 24.8. The maximum absolute atomic E-state index is 16.0. The molecule has 0 saturated carbocycles. The summed E-state index contributed by atoms with van der Waals surface area (Å²) in [6.45, 7) is 4.60. The van der Waals surface area contributed by atoms with Gasteiger partial charge in [-0.25, -0.2) is 13.2 Å². The number of benzene rings is 4. The Hall–Kier alpha value is -3.90. The highest BCUT2D eigenvalue weighted by molar-refractivity contribution is 5.64. The Morgan fingerprint density at radius 2 is 1.30 bits per heavy atom. The third-order valence-electron chi connectivity index (χ3n) is 6.79. The Morgan fingerprint density at radius 3 is 1.78 bits per heavy atom. The fourth-order valence-electron chi connectivity index (χ4n) is 4.77. The molecule has 1 unspecified atom stereocenters. The summed E-state index contributed by atoms with van der Waals surface area (Å²) in [6, 6.07) is 28.1. The van der Waals surface area contributed by atoms with Gasteiger partial charge in [-0.3, -0.25) is 4.90 Å². The van der Waals surface area contributed by atoms with Crippen LogP contribution >= 0.6 is 0 Å². The van der Waals surface area contributed by atoms with Crippen molar-refractivity contribution in [3.63, 3.8) is 0 Å². The van der Waals surface area contributed by atoms with E-state index in [2.05, 4.69) is 35.7 Å². The molecule has 0 amide bonds. The van der Waals surface area contributed by atoms with Crippen molar-refractivity contribution in [2.45, 2.75) is 11.9 Å². The van der Waals surface area contributed by atoms with E-state index < -0.39 is 29.2 Å². The number of ether oxygens (including phenoxy) is 1. The van der Waals surface area contributed by atoms with Crippen LogP contribution in [0.4, 0.5) is 17.6 Å². The zero-order valence-corrected chi connectivity index (χ0v) is 20.0. The van der Waals surface area contributed by atoms with E-state index in [-0.39, 0.29) is 17.4 Å². The van der Waals surface area contributed by atoms with Crippen LogP contribution in [-0.2, 0) is 0 Å². The second-order valence-electron chi connectivity index (χ2n) is 9.16. The van der Waals surface area contributed by atoms with E-state index in [1.807, 2.05) is 36.4 Å². The molecular weight excluding hydrogens is 478 g/mol. The van der Waals surface area contributed by atoms with Gasteiger partial charge >= 0.3 is 0 Å². The Bertz CT molecular complexity index is 1310. The highest BCUT2D eigenvalue weighted by atomic mass is 19.2. The summed E-state index contributed by atoms with van der Waals surface area (Å²) in [6.07, 6.45) is 1.17. The fraction of sp³-hybridized carbons (Fsp3) is 0.161. The minimum absolute atomic E-state index is 0.0106. The summed E-state index contributed by atoms with van der Waals surface area (Å²) in [7, 11) is 0. The van der Waals surface area contributed by atoms with E-state index in [9.17, 15) is 13.2 Å². The summed E-state index contributed by atoms with van der Waals surface area (Å²) in [5.41, 5.74) is 2.86. The first-order valence-corrected chi connectivity index (χ1v) is 12.0. The van der Waals surface area contributed by atoms with E-state index in [1.165, 1.54) is 18.2 Å². The smallest absolute Gasteiger partial charge is 0.272 e. The largest absolute Gasteiger partial charge is 0.454 e. The summed E-state index contributed by atoms with van der Waals surface area (Å²) in [5.74, 6) is -6.38. The maximum Gasteiger partial charge on any atom is 0.272 e. The molecule has 1 heterocycles. The van der Waals surface area contributed by atoms with Crippen LogP contribution in [-0.4, -0.2) is 23.8 Å². The molecule has 1 atom stereocenters. The van der Waals surface area contributed by atoms with Crippen molar-refractivity contribution in [2.24, 2.45) is 5.92 Å². The van der Waals surface area contributed by atoms with Gasteiger partial charge in [0.05, 0.1) is 12.0 Å². The fourth-order valence-corrected chi connectivity index (χ4v) is 4.77. The number of rotatable bonds is 8. The molecule has 1 saturated heterocycles. The van der Waals surface area contributed by atoms with Crippen LogP contribution in [0.15, 0.2) is 110 Å². The molecule has 1 aliphatic heterocycles. The molecule has 5 rings (SSSR count). The van der Waals surface area contributed by atoms with Crippen LogP contribution < -0.4 is 4.74 Å². The predicted molar refractivity (Wildman–Crippen MR) is 136 cm³/mol. The van der Waals surface area contributed by atoms with E-state index in [0.29, 0.717) is 18.7 Å². The number of nitrogens with zero attached hydrogens (tertiary/aromatic N) is 1. The maximum atomic E-state index is 16.0. The van der Waals surface area contributed by atoms with Gasteiger partial charge in [-0.15, -0.1) is 0 Å². The van der Waals surface area contributed by atoms with Gasteiger partial charge in [-0.05, 0) is 52.6 Å². The predicted octanol–water partition coefficient (Wildman–Crippen LogP) is 7.72. The molecule has 4 aromatic rings. The molecule has 0 spiro atoms. The molecule has 0 radical (unpaired) electrons. The Balaban J connectivity index is 1.31. The minimum Gasteiger partial charge on any atom is -0.454 e. The zero-order valence-electron chi connectivity index (χ0n) is 20.0. The molecule has 0 aromatic heterocycles. The lowest BCUT2D eigenvalue weighted by Gasteiger charge is -2.48. The lowest BCUT2D eigenvalue weighted by atomic mass is 9.86. The van der Waals surface area contributed by atoms with Gasteiger partial charge in [0.15, 0.2) is 17.5 Å². The first-order chi connectivity index (χ1) is 17.9. The average molecular weight is 504 g/mol. The Morgan fingerprint density at radius 1 is 0.784 bits per heavy atom. The number of alkyl halides is 1. The molecule has 0 aliphatic carbocycles. The van der Waals surface area contributed by atoms with Crippen LogP contribution in [0.2, 0.25) is 0 Å². The Kier molecular flexibility index (Phi) is 6.85. The lowest BCUT2D eigenvalue weighted by molar-refractivity contribution is -0.126. The normalized spacial score (nSPS) is 15.7. The highest BCUT2D eigenvalue weighted by Crippen LogP contribution is 2.41. The van der Waals surface area contributed by atoms with Crippen molar-refractivity contribution < 1.29 is 22.3 Å². The minimum atomic E-state index is -2.11. The topological polar surface area (TPSA) is 12.5 Å². The van der Waals surface area contributed by atoms with Gasteiger partial charge in [0.25, 0.3) is 5.85 Å². The molecule has 1 aliphatic rings. The third-order valence-corrected chi connectivity index (χ3v) is 6.79. The highest BCUT2D eigenvalue weighted by Gasteiger charge is 2.48. The number of likely N-dealkylation sites (tertiary alicyclic amines) is 1. The SMILES string of the molecule is C=CC(F)(Oc1ccc(-c2cc(F)c(F)c(F)c2)cc1)C1CN(C(c2ccccc2)c2ccccc2)C1. The molecule has 1 fully saturated rings. The van der Waals surface area contributed by atoms with Gasteiger partial charge in [0, 0.05) is 13.1 Å². The molecule has 37 heavy (non-hydrogen) atoms. The van der Waals surface area contributed by atoms with Crippen molar-refractivity contribution in [3.8, 4) is 16.9 Å². The number of halogens is 4. The van der Waals surface area contributed by atoms with Crippen LogP contribution in [0.1, 0.15) is 17.2 Å². The van der Waals surface area contributed by atoms with Gasteiger partial charge < -0.3 is 4.74 Å². The molecule has 188 valence electrons. The van der Waals surface area contributed by atoms with Gasteiger partial charge in [0.1, 0.15) is 5.75 Å². The molecule has 2 nitrogen and oxygen atoms in total. The molecule has 0 N–H and O–H groups in total. The van der Waals surface area contributed by atoms with Gasteiger partial charge in [-0.2, -0.15) is 4.39 Å². The van der Waals surface area contributed by atoms with Crippen LogP contribution in [0.5, 0.6) is 5.75 Å². The second kappa shape index (κ2) is 10.2. The van der Waals surface area contributed by atoms with Crippen molar-refractivity contribution in [1.82, 2.24) is 4.90 Å². The molecule has 0 bridgehead atoms. The average Bonchev–Trinajstić information content (AvgIpc) is 2.90. The second-order valence-corrected chi connectivity index (χ2v) is 9.16. The first-order valence-electron chi connectivity index (χ1n) is 12.0. The van der Waals surface area contributed by atoms with Gasteiger partial charge in [0.2, 0.25) is 0 Å². The van der Waals surface area contributed by atoms with E-state index in [0.717, 1.165) is 23.3 Å². The van der Waals surface area contributed by atoms with E-state index >= 15 is 4.39 Å². The van der Waals surface area contributed by atoms with Gasteiger partial charge in [-0.1, -0.05) is 79.4 Å². The number of hydrogen-bond acceptors (Lipinski definition) is 2. The summed E-state index contributed by atoms with van der Waals surface area (Å²) < 4.78 is 62.2. The van der Waals surface area contributed by atoms with Crippen LogP contribution in [0, 0.1) is 23.4 Å². The van der Waals surface area contributed by atoms with Crippen molar-refractivity contribution in [2.75, 3.05) is 13.1 Å². The molecule has 6 heteroatoms. The van der Waals surface area contributed by atoms with E-state index in [1.54, 1.807) is 12.1 Å². The summed E-state index contributed by atoms with van der Waals surface area (Å²) >= 11 is 0. The lowest BCUT2D eigenvalue weighted by Crippen LogP contribution is -2.58. The zero-order chi connectivity index (χ0) is 26.0. The third kappa shape index (κ3) is 5.02. The molecule has 4 aromatic carbocycles. The standard InChI is InChI=1S/C31H25F4NO/c1-2-31(35,37-26-15-13-21(14-16-26)24-17-27(32)29(34)28(33)18-24)25-19-36(20-25)30(22-9-5-3-6-10-22)23-11-7-4-8-12-23/h2-18,25,30H,1,19-20H2. The monoisotopic (exact) mass is 503 g/mol.